The Kier molecular flexibility index (Phi) is 5.56. The number of rotatable bonds is 5. The molecule has 0 heterocycles. The third-order valence-corrected chi connectivity index (χ3v) is 4.63. The quantitative estimate of drug-likeness (QED) is 0.871. The minimum atomic E-state index is -3.35. The molecule has 0 aliphatic heterocycles. The second-order valence-corrected chi connectivity index (χ2v) is 7.49. The maximum absolute atomic E-state index is 13.5. The molecule has 0 radical (unpaired) electrons. The number of nitrogens with one attached hydrogen (secondary N) is 2. The Morgan fingerprint density at radius 1 is 1.17 bits per heavy atom. The summed E-state index contributed by atoms with van der Waals surface area (Å²) in [6, 6.07) is 10.4. The first kappa shape index (κ1) is 17.9. The lowest BCUT2D eigenvalue weighted by Crippen LogP contribution is -2.30. The van der Waals surface area contributed by atoms with Crippen LogP contribution in [0, 0.1) is 12.7 Å². The topological polar surface area (TPSA) is 75.3 Å². The number of anilines is 1. The average Bonchev–Trinajstić information content (AvgIpc) is 2.50. The molecule has 2 aromatic rings. The zero-order chi connectivity index (χ0) is 17.7. The number of carbonyl (C=O) groups excluding carboxylic acids is 1. The maximum Gasteiger partial charge on any atom is 0.319 e. The first-order valence-electron chi connectivity index (χ1n) is 7.36. The van der Waals surface area contributed by atoms with Crippen molar-refractivity contribution in [3.8, 4) is 0 Å². The van der Waals surface area contributed by atoms with Crippen LogP contribution >= 0.6 is 0 Å². The molecule has 0 spiro atoms. The van der Waals surface area contributed by atoms with Crippen molar-refractivity contribution in [2.75, 3.05) is 18.1 Å². The van der Waals surface area contributed by atoms with E-state index < -0.39 is 15.9 Å². The fourth-order valence-corrected chi connectivity index (χ4v) is 2.79. The molecule has 7 heteroatoms. The van der Waals surface area contributed by atoms with Crippen molar-refractivity contribution in [3.05, 3.63) is 59.4 Å². The molecular formula is C17H19FN2O3S. The van der Waals surface area contributed by atoms with Gasteiger partial charge in [-0.25, -0.2) is 17.6 Å². The van der Waals surface area contributed by atoms with E-state index in [1.165, 1.54) is 18.2 Å². The van der Waals surface area contributed by atoms with Crippen LogP contribution < -0.4 is 10.6 Å². The summed E-state index contributed by atoms with van der Waals surface area (Å²) in [4.78, 5) is 12.1. The van der Waals surface area contributed by atoms with Gasteiger partial charge in [-0.3, -0.25) is 0 Å². The molecule has 0 bridgehead atoms. The van der Waals surface area contributed by atoms with E-state index in [1.807, 2.05) is 0 Å². The van der Waals surface area contributed by atoms with Gasteiger partial charge in [-0.15, -0.1) is 0 Å². The number of aryl methyl sites for hydroxylation is 1. The smallest absolute Gasteiger partial charge is 0.319 e. The fourth-order valence-electron chi connectivity index (χ4n) is 2.14. The normalized spacial score (nSPS) is 11.1. The molecule has 24 heavy (non-hydrogen) atoms. The van der Waals surface area contributed by atoms with Gasteiger partial charge in [0.1, 0.15) is 5.82 Å². The molecule has 2 amide bonds. The molecule has 128 valence electrons. The lowest BCUT2D eigenvalue weighted by atomic mass is 10.1. The lowest BCUT2D eigenvalue weighted by molar-refractivity contribution is 0.252. The van der Waals surface area contributed by atoms with Crippen LogP contribution in [-0.4, -0.2) is 27.2 Å². The van der Waals surface area contributed by atoms with Crippen LogP contribution in [0.2, 0.25) is 0 Å². The SMILES string of the molecule is Cc1ccc(S(C)(=O)=O)cc1NC(=O)NCCc1ccccc1F. The summed E-state index contributed by atoms with van der Waals surface area (Å²) < 4.78 is 36.6. The van der Waals surface area contributed by atoms with Crippen LogP contribution in [0.25, 0.3) is 0 Å². The van der Waals surface area contributed by atoms with E-state index in [-0.39, 0.29) is 17.3 Å². The summed E-state index contributed by atoms with van der Waals surface area (Å²) in [7, 11) is -3.35. The van der Waals surface area contributed by atoms with Gasteiger partial charge in [0.25, 0.3) is 0 Å². The van der Waals surface area contributed by atoms with E-state index in [4.69, 9.17) is 0 Å². The number of hydrogen-bond donors (Lipinski definition) is 2. The molecule has 0 aromatic heterocycles. The van der Waals surface area contributed by atoms with Gasteiger partial charge >= 0.3 is 6.03 Å². The zero-order valence-corrected chi connectivity index (χ0v) is 14.3. The highest BCUT2D eigenvalue weighted by Gasteiger charge is 2.11. The van der Waals surface area contributed by atoms with Crippen molar-refractivity contribution in [2.45, 2.75) is 18.2 Å². The molecule has 0 aliphatic carbocycles. The van der Waals surface area contributed by atoms with Gasteiger partial charge in [0.05, 0.1) is 4.90 Å². The standard InChI is InChI=1S/C17H19FN2O3S/c1-12-7-8-14(24(2,22)23)11-16(12)20-17(21)19-10-9-13-5-3-4-6-15(13)18/h3-8,11H,9-10H2,1-2H3,(H2,19,20,21). The first-order chi connectivity index (χ1) is 11.3. The van der Waals surface area contributed by atoms with Gasteiger partial charge in [-0.2, -0.15) is 0 Å². The predicted molar refractivity (Wildman–Crippen MR) is 91.4 cm³/mol. The predicted octanol–water partition coefficient (Wildman–Crippen LogP) is 2.90. The number of benzene rings is 2. The number of hydrogen-bond acceptors (Lipinski definition) is 3. The van der Waals surface area contributed by atoms with Crippen molar-refractivity contribution in [1.82, 2.24) is 5.32 Å². The van der Waals surface area contributed by atoms with Gasteiger partial charge in [-0.05, 0) is 42.7 Å². The first-order valence-corrected chi connectivity index (χ1v) is 9.25. The number of halogens is 1. The second kappa shape index (κ2) is 7.44. The Hall–Kier alpha value is -2.41. The number of urea groups is 1. The molecule has 0 unspecified atom stereocenters. The van der Waals surface area contributed by atoms with Crippen LogP contribution in [-0.2, 0) is 16.3 Å². The molecule has 2 rings (SSSR count). The highest BCUT2D eigenvalue weighted by molar-refractivity contribution is 7.90. The third kappa shape index (κ3) is 4.79. The van der Waals surface area contributed by atoms with E-state index in [0.29, 0.717) is 17.7 Å². The largest absolute Gasteiger partial charge is 0.338 e. The molecule has 2 N–H and O–H groups in total. The lowest BCUT2D eigenvalue weighted by Gasteiger charge is -2.11. The van der Waals surface area contributed by atoms with Gasteiger partial charge in [0, 0.05) is 18.5 Å². The van der Waals surface area contributed by atoms with E-state index in [0.717, 1.165) is 11.8 Å². The van der Waals surface area contributed by atoms with Gasteiger partial charge in [-0.1, -0.05) is 24.3 Å². The van der Waals surface area contributed by atoms with E-state index in [9.17, 15) is 17.6 Å². The van der Waals surface area contributed by atoms with Crippen LogP contribution in [0.5, 0.6) is 0 Å². The fraction of sp³-hybridized carbons (Fsp3) is 0.235. The molecule has 0 saturated heterocycles. The molecule has 0 aliphatic rings. The molecule has 2 aromatic carbocycles. The summed E-state index contributed by atoms with van der Waals surface area (Å²) in [5, 5.41) is 5.24. The van der Waals surface area contributed by atoms with Crippen molar-refractivity contribution in [3.63, 3.8) is 0 Å². The third-order valence-electron chi connectivity index (χ3n) is 3.52. The van der Waals surface area contributed by atoms with Crippen molar-refractivity contribution < 1.29 is 17.6 Å². The van der Waals surface area contributed by atoms with Crippen LogP contribution in [0.3, 0.4) is 0 Å². The Labute approximate surface area is 140 Å². The Balaban J connectivity index is 1.96. The van der Waals surface area contributed by atoms with Crippen LogP contribution in [0.1, 0.15) is 11.1 Å². The highest BCUT2D eigenvalue weighted by atomic mass is 32.2. The van der Waals surface area contributed by atoms with Gasteiger partial charge < -0.3 is 10.6 Å². The molecular weight excluding hydrogens is 331 g/mol. The summed E-state index contributed by atoms with van der Waals surface area (Å²) in [5.41, 5.74) is 1.68. The summed E-state index contributed by atoms with van der Waals surface area (Å²) in [6.07, 6.45) is 1.47. The van der Waals surface area contributed by atoms with E-state index >= 15 is 0 Å². The van der Waals surface area contributed by atoms with Crippen molar-refractivity contribution in [1.29, 1.82) is 0 Å². The summed E-state index contributed by atoms with van der Waals surface area (Å²) >= 11 is 0. The van der Waals surface area contributed by atoms with Crippen LogP contribution in [0.15, 0.2) is 47.4 Å². The second-order valence-electron chi connectivity index (χ2n) is 5.47. The Morgan fingerprint density at radius 3 is 2.54 bits per heavy atom. The van der Waals surface area contributed by atoms with Crippen LogP contribution in [0.4, 0.5) is 14.9 Å². The summed E-state index contributed by atoms with van der Waals surface area (Å²) in [6.45, 7) is 2.03. The molecule has 5 nitrogen and oxygen atoms in total. The Bertz CT molecular complexity index is 851. The molecule has 0 atom stereocenters. The van der Waals surface area contributed by atoms with E-state index in [1.54, 1.807) is 31.2 Å². The Morgan fingerprint density at radius 2 is 1.88 bits per heavy atom. The number of carbonyl (C=O) groups is 1. The van der Waals surface area contributed by atoms with Gasteiger partial charge in [0.15, 0.2) is 9.84 Å². The maximum atomic E-state index is 13.5. The highest BCUT2D eigenvalue weighted by Crippen LogP contribution is 2.20. The number of sulfone groups is 1. The minimum Gasteiger partial charge on any atom is -0.338 e. The summed E-state index contributed by atoms with van der Waals surface area (Å²) in [5.74, 6) is -0.309. The molecule has 0 saturated carbocycles. The monoisotopic (exact) mass is 350 g/mol. The molecule has 0 fully saturated rings. The van der Waals surface area contributed by atoms with Gasteiger partial charge in [0.2, 0.25) is 0 Å². The van der Waals surface area contributed by atoms with E-state index in [2.05, 4.69) is 10.6 Å². The number of amides is 2. The minimum absolute atomic E-state index is 0.134. The van der Waals surface area contributed by atoms with Crippen molar-refractivity contribution in [2.24, 2.45) is 0 Å². The zero-order valence-electron chi connectivity index (χ0n) is 13.5. The average molecular weight is 350 g/mol. The van der Waals surface area contributed by atoms with Crippen molar-refractivity contribution >= 4 is 21.6 Å².